The third-order valence-electron chi connectivity index (χ3n) is 2.85. The van der Waals surface area contributed by atoms with Gasteiger partial charge in [0.1, 0.15) is 15.2 Å². The fourth-order valence-corrected chi connectivity index (χ4v) is 4.70. The van der Waals surface area contributed by atoms with Crippen LogP contribution < -0.4 is 0 Å². The van der Waals surface area contributed by atoms with E-state index in [2.05, 4.69) is 0 Å². The summed E-state index contributed by atoms with van der Waals surface area (Å²) in [5.41, 5.74) is 0. The van der Waals surface area contributed by atoms with Gasteiger partial charge in [-0.05, 0) is 25.0 Å². The maximum atomic E-state index is 12.3. The molecule has 1 aromatic rings. The van der Waals surface area contributed by atoms with Gasteiger partial charge in [0, 0.05) is 13.1 Å². The van der Waals surface area contributed by atoms with E-state index in [-0.39, 0.29) is 4.21 Å². The lowest BCUT2D eigenvalue weighted by atomic mass is 10.2. The maximum Gasteiger partial charge on any atom is 0.252 e. The summed E-state index contributed by atoms with van der Waals surface area (Å²) in [5, 5.41) is 8.72. The molecule has 0 N–H and O–H groups in total. The molecule has 0 atom stereocenters. The van der Waals surface area contributed by atoms with Gasteiger partial charge in [-0.15, -0.1) is 11.3 Å². The van der Waals surface area contributed by atoms with Crippen LogP contribution in [-0.4, -0.2) is 25.8 Å². The molecule has 0 spiro atoms. The SMILES string of the molecule is N#Cc1ccc(S(=O)(=O)N2CCCCCC2)s1. The highest BCUT2D eigenvalue weighted by molar-refractivity contribution is 7.91. The predicted octanol–water partition coefficient (Wildman–Crippen LogP) is 2.18. The second kappa shape index (κ2) is 5.17. The van der Waals surface area contributed by atoms with Crippen molar-refractivity contribution in [3.05, 3.63) is 17.0 Å². The molecule has 0 unspecified atom stereocenters. The summed E-state index contributed by atoms with van der Waals surface area (Å²) >= 11 is 1.05. The lowest BCUT2D eigenvalue weighted by molar-refractivity contribution is 0.425. The van der Waals surface area contributed by atoms with Crippen LogP contribution in [0.3, 0.4) is 0 Å². The van der Waals surface area contributed by atoms with Crippen molar-refractivity contribution in [3.63, 3.8) is 0 Å². The zero-order chi connectivity index (χ0) is 12.3. The van der Waals surface area contributed by atoms with Crippen molar-refractivity contribution in [2.75, 3.05) is 13.1 Å². The van der Waals surface area contributed by atoms with Gasteiger partial charge in [-0.25, -0.2) is 8.42 Å². The summed E-state index contributed by atoms with van der Waals surface area (Å²) < 4.78 is 26.4. The molecule has 4 nitrogen and oxygen atoms in total. The van der Waals surface area contributed by atoms with Crippen LogP contribution >= 0.6 is 11.3 Å². The molecule has 1 saturated heterocycles. The normalized spacial score (nSPS) is 18.5. The molecule has 1 aliphatic heterocycles. The molecule has 0 saturated carbocycles. The van der Waals surface area contributed by atoms with Crippen LogP contribution in [0.15, 0.2) is 16.3 Å². The van der Waals surface area contributed by atoms with Crippen molar-refractivity contribution in [1.29, 1.82) is 5.26 Å². The zero-order valence-corrected chi connectivity index (χ0v) is 11.1. The minimum Gasteiger partial charge on any atom is -0.206 e. The lowest BCUT2D eigenvalue weighted by Crippen LogP contribution is -2.31. The third-order valence-corrected chi connectivity index (χ3v) is 6.21. The van der Waals surface area contributed by atoms with Gasteiger partial charge in [0.25, 0.3) is 10.0 Å². The molecule has 0 radical (unpaired) electrons. The first-order valence-corrected chi connectivity index (χ1v) is 7.90. The van der Waals surface area contributed by atoms with E-state index in [9.17, 15) is 8.42 Å². The number of rotatable bonds is 2. The summed E-state index contributed by atoms with van der Waals surface area (Å²) in [6, 6.07) is 5.07. The Balaban J connectivity index is 2.25. The van der Waals surface area contributed by atoms with Crippen LogP contribution in [0, 0.1) is 11.3 Å². The van der Waals surface area contributed by atoms with Crippen LogP contribution in [0.25, 0.3) is 0 Å². The van der Waals surface area contributed by atoms with Crippen molar-refractivity contribution in [2.24, 2.45) is 0 Å². The van der Waals surface area contributed by atoms with Gasteiger partial charge < -0.3 is 0 Å². The van der Waals surface area contributed by atoms with E-state index in [0.29, 0.717) is 18.0 Å². The molecule has 1 aromatic heterocycles. The van der Waals surface area contributed by atoms with Gasteiger partial charge in [-0.3, -0.25) is 0 Å². The Labute approximate surface area is 106 Å². The van der Waals surface area contributed by atoms with Gasteiger partial charge in [0.15, 0.2) is 0 Å². The van der Waals surface area contributed by atoms with Crippen LogP contribution in [0.4, 0.5) is 0 Å². The molecular formula is C11H14N2O2S2. The first-order chi connectivity index (χ1) is 8.14. The van der Waals surface area contributed by atoms with Crippen molar-refractivity contribution in [1.82, 2.24) is 4.31 Å². The molecular weight excluding hydrogens is 256 g/mol. The first kappa shape index (κ1) is 12.6. The van der Waals surface area contributed by atoms with Crippen LogP contribution in [0.1, 0.15) is 30.6 Å². The van der Waals surface area contributed by atoms with E-state index < -0.39 is 10.0 Å². The highest BCUT2D eigenvalue weighted by Crippen LogP contribution is 2.26. The summed E-state index contributed by atoms with van der Waals surface area (Å²) in [5.74, 6) is 0. The van der Waals surface area contributed by atoms with Gasteiger partial charge in [0.2, 0.25) is 0 Å². The van der Waals surface area contributed by atoms with E-state index in [4.69, 9.17) is 5.26 Å². The Kier molecular flexibility index (Phi) is 3.82. The average Bonchev–Trinajstić information content (AvgIpc) is 2.64. The topological polar surface area (TPSA) is 61.2 Å². The smallest absolute Gasteiger partial charge is 0.206 e. The standard InChI is InChI=1S/C11H14N2O2S2/c12-9-10-5-6-11(16-10)17(14,15)13-7-3-1-2-4-8-13/h5-6H,1-4,7-8H2. The van der Waals surface area contributed by atoms with Crippen molar-refractivity contribution in [3.8, 4) is 6.07 Å². The van der Waals surface area contributed by atoms with E-state index in [1.807, 2.05) is 6.07 Å². The number of hydrogen-bond acceptors (Lipinski definition) is 4. The minimum atomic E-state index is -3.37. The first-order valence-electron chi connectivity index (χ1n) is 5.65. The van der Waals surface area contributed by atoms with E-state index in [0.717, 1.165) is 37.0 Å². The Morgan fingerprint density at radius 2 is 1.82 bits per heavy atom. The zero-order valence-electron chi connectivity index (χ0n) is 9.42. The number of nitriles is 1. The fraction of sp³-hybridized carbons (Fsp3) is 0.545. The van der Waals surface area contributed by atoms with Crippen LogP contribution in [0.2, 0.25) is 0 Å². The molecule has 2 rings (SSSR count). The second-order valence-corrected chi connectivity index (χ2v) is 7.30. The van der Waals surface area contributed by atoms with Gasteiger partial charge in [0.05, 0.1) is 0 Å². The summed E-state index contributed by atoms with van der Waals surface area (Å²) in [7, 11) is -3.37. The molecule has 6 heteroatoms. The Bertz CT molecular complexity index is 520. The molecule has 1 aliphatic rings. The fourth-order valence-electron chi connectivity index (χ4n) is 1.93. The van der Waals surface area contributed by atoms with Gasteiger partial charge in [-0.1, -0.05) is 12.8 Å². The van der Waals surface area contributed by atoms with E-state index in [1.54, 1.807) is 10.4 Å². The number of nitrogens with zero attached hydrogens (tertiary/aromatic N) is 2. The molecule has 1 fully saturated rings. The highest BCUT2D eigenvalue weighted by Gasteiger charge is 2.26. The van der Waals surface area contributed by atoms with Crippen molar-refractivity contribution < 1.29 is 8.42 Å². The third kappa shape index (κ3) is 2.68. The maximum absolute atomic E-state index is 12.3. The summed E-state index contributed by atoms with van der Waals surface area (Å²) in [6.07, 6.45) is 4.05. The van der Waals surface area contributed by atoms with Gasteiger partial charge in [-0.2, -0.15) is 9.57 Å². The highest BCUT2D eigenvalue weighted by atomic mass is 32.2. The quantitative estimate of drug-likeness (QED) is 0.827. The van der Waals surface area contributed by atoms with Gasteiger partial charge >= 0.3 is 0 Å². The average molecular weight is 270 g/mol. The van der Waals surface area contributed by atoms with Crippen molar-refractivity contribution in [2.45, 2.75) is 29.9 Å². The Morgan fingerprint density at radius 1 is 1.18 bits per heavy atom. The molecule has 0 aliphatic carbocycles. The molecule has 92 valence electrons. The number of thiophene rings is 1. The molecule has 0 amide bonds. The van der Waals surface area contributed by atoms with E-state index in [1.165, 1.54) is 6.07 Å². The van der Waals surface area contributed by atoms with Crippen LogP contribution in [0.5, 0.6) is 0 Å². The van der Waals surface area contributed by atoms with Crippen molar-refractivity contribution >= 4 is 21.4 Å². The molecule has 0 aromatic carbocycles. The largest absolute Gasteiger partial charge is 0.252 e. The lowest BCUT2D eigenvalue weighted by Gasteiger charge is -2.18. The van der Waals surface area contributed by atoms with Crippen LogP contribution in [-0.2, 0) is 10.0 Å². The van der Waals surface area contributed by atoms with E-state index >= 15 is 0 Å². The number of sulfonamides is 1. The molecule has 2 heterocycles. The minimum absolute atomic E-state index is 0.288. The Hall–Kier alpha value is -0.900. The molecule has 17 heavy (non-hydrogen) atoms. The second-order valence-electron chi connectivity index (χ2n) is 4.05. The predicted molar refractivity (Wildman–Crippen MR) is 66.3 cm³/mol. The summed E-state index contributed by atoms with van der Waals surface area (Å²) in [4.78, 5) is 0.443. The summed E-state index contributed by atoms with van der Waals surface area (Å²) in [6.45, 7) is 1.20. The number of hydrogen-bond donors (Lipinski definition) is 0. The molecule has 0 bridgehead atoms. The Morgan fingerprint density at radius 3 is 2.35 bits per heavy atom. The monoisotopic (exact) mass is 270 g/mol.